The number of phenolic OH excluding ortho intramolecular Hbond substituents is 1. The number of para-hydroxylation sites is 3. The molecule has 1 heterocycles. The zero-order chi connectivity index (χ0) is 48.6. The van der Waals surface area contributed by atoms with Crippen molar-refractivity contribution in [2.45, 2.75) is 27.7 Å². The van der Waals surface area contributed by atoms with Gasteiger partial charge in [-0.25, -0.2) is 0 Å². The van der Waals surface area contributed by atoms with Gasteiger partial charge in [-0.2, -0.15) is 0 Å². The molecule has 4 heteroatoms. The van der Waals surface area contributed by atoms with Gasteiger partial charge >= 0.3 is 0 Å². The highest BCUT2D eigenvalue weighted by molar-refractivity contribution is 6.28. The Labute approximate surface area is 419 Å². The monoisotopic (exact) mass is 926 g/mol. The molecule has 13 rings (SSSR count). The molecule has 0 atom stereocenters. The zero-order valence-corrected chi connectivity index (χ0v) is 40.6. The molecule has 0 aliphatic heterocycles. The van der Waals surface area contributed by atoms with Crippen LogP contribution in [-0.2, 0) is 0 Å². The second-order valence-electron chi connectivity index (χ2n) is 19.3. The average molecular weight is 927 g/mol. The molecule has 0 spiro atoms. The first-order valence-corrected chi connectivity index (χ1v) is 24.7. The van der Waals surface area contributed by atoms with Crippen molar-refractivity contribution in [3.05, 3.63) is 247 Å². The number of phenols is 1. The van der Waals surface area contributed by atoms with Gasteiger partial charge in [0.25, 0.3) is 0 Å². The van der Waals surface area contributed by atoms with Crippen molar-refractivity contribution in [1.82, 2.24) is 0 Å². The van der Waals surface area contributed by atoms with Gasteiger partial charge in [0.1, 0.15) is 11.3 Å². The molecule has 0 aliphatic rings. The number of hydrogen-bond donors (Lipinski definition) is 1. The Bertz CT molecular complexity index is 4220. The van der Waals surface area contributed by atoms with E-state index in [2.05, 4.69) is 250 Å². The van der Waals surface area contributed by atoms with Crippen molar-refractivity contribution in [3.8, 4) is 39.1 Å². The maximum absolute atomic E-state index is 12.6. The Morgan fingerprint density at radius 1 is 0.333 bits per heavy atom. The van der Waals surface area contributed by atoms with Crippen LogP contribution in [0, 0.1) is 27.7 Å². The highest BCUT2D eigenvalue weighted by Gasteiger charge is 2.26. The van der Waals surface area contributed by atoms with Gasteiger partial charge in [-0.05, 0) is 137 Å². The van der Waals surface area contributed by atoms with E-state index in [0.717, 1.165) is 111 Å². The van der Waals surface area contributed by atoms with Crippen LogP contribution in [0.3, 0.4) is 0 Å². The van der Waals surface area contributed by atoms with Crippen LogP contribution < -0.4 is 9.80 Å². The lowest BCUT2D eigenvalue weighted by atomic mass is 9.91. The van der Waals surface area contributed by atoms with Crippen LogP contribution in [0.25, 0.3) is 87.6 Å². The van der Waals surface area contributed by atoms with Gasteiger partial charge in [-0.3, -0.25) is 0 Å². The van der Waals surface area contributed by atoms with Crippen molar-refractivity contribution >= 4 is 88.4 Å². The fraction of sp³-hybridized carbons (Fsp3) is 0.0588. The van der Waals surface area contributed by atoms with Crippen molar-refractivity contribution < 1.29 is 9.52 Å². The molecule has 12 aromatic carbocycles. The summed E-state index contributed by atoms with van der Waals surface area (Å²) in [6, 6.07) is 80.0. The minimum absolute atomic E-state index is 0.215. The summed E-state index contributed by atoms with van der Waals surface area (Å²) in [4.78, 5) is 4.60. The first-order valence-electron chi connectivity index (χ1n) is 24.7. The number of anilines is 6. The molecule has 0 bridgehead atoms. The van der Waals surface area contributed by atoms with Gasteiger partial charge in [0.2, 0.25) is 0 Å². The van der Waals surface area contributed by atoms with E-state index in [4.69, 9.17) is 4.42 Å². The molecular formula is C68H50N2O2. The Morgan fingerprint density at radius 3 is 1.40 bits per heavy atom. The smallest absolute Gasteiger partial charge is 0.159 e. The van der Waals surface area contributed by atoms with E-state index >= 15 is 0 Å². The van der Waals surface area contributed by atoms with Gasteiger partial charge in [0, 0.05) is 44.0 Å². The third-order valence-corrected chi connectivity index (χ3v) is 14.7. The van der Waals surface area contributed by atoms with Crippen LogP contribution in [0.1, 0.15) is 22.3 Å². The van der Waals surface area contributed by atoms with Gasteiger partial charge in [0.05, 0.1) is 22.7 Å². The van der Waals surface area contributed by atoms with Crippen molar-refractivity contribution in [1.29, 1.82) is 0 Å². The summed E-state index contributed by atoms with van der Waals surface area (Å²) in [5.41, 5.74) is 18.4. The molecule has 0 radical (unpaired) electrons. The van der Waals surface area contributed by atoms with Crippen LogP contribution in [0.5, 0.6) is 5.75 Å². The maximum atomic E-state index is 12.6. The van der Waals surface area contributed by atoms with E-state index in [-0.39, 0.29) is 5.75 Å². The second kappa shape index (κ2) is 17.1. The minimum atomic E-state index is 0.215. The average Bonchev–Trinajstić information content (AvgIpc) is 3.80. The van der Waals surface area contributed by atoms with Gasteiger partial charge < -0.3 is 19.3 Å². The molecule has 0 amide bonds. The summed E-state index contributed by atoms with van der Waals surface area (Å²) in [7, 11) is 0. The fourth-order valence-electron chi connectivity index (χ4n) is 11.1. The third kappa shape index (κ3) is 6.98. The molecule has 13 aromatic rings. The maximum Gasteiger partial charge on any atom is 0.159 e. The van der Waals surface area contributed by atoms with Crippen LogP contribution in [0.2, 0.25) is 0 Å². The lowest BCUT2D eigenvalue weighted by Crippen LogP contribution is -2.12. The molecule has 4 nitrogen and oxygen atoms in total. The fourth-order valence-corrected chi connectivity index (χ4v) is 11.1. The Balaban J connectivity index is 1.02. The van der Waals surface area contributed by atoms with E-state index in [1.807, 2.05) is 12.1 Å². The van der Waals surface area contributed by atoms with E-state index in [0.29, 0.717) is 5.69 Å². The molecular weight excluding hydrogens is 877 g/mol. The molecule has 1 aromatic heterocycles. The number of fused-ring (bicyclic) bond motifs is 3. The lowest BCUT2D eigenvalue weighted by molar-refractivity contribution is 0.478. The normalized spacial score (nSPS) is 11.7. The van der Waals surface area contributed by atoms with Crippen molar-refractivity contribution in [3.63, 3.8) is 0 Å². The standard InChI is InChI=1S/C68H50N2O2/c1-42-25-33-50(34-26-42)69(62-23-11-19-54(66(62)71)49-16-9-15-48(41-49)52-17-7-5-13-44(52)3)60-39-31-46-30-38-59-61(40-32-47-29-37-58(60)64(46)65(47)59)70(51-35-27-43(2)28-36-51)63-24-12-22-57-56-21-10-20-55(67(56)72-68(57)63)53-18-8-6-14-45(53)4/h5-41,71H,1-4H3. The van der Waals surface area contributed by atoms with Gasteiger partial charge in [-0.1, -0.05) is 181 Å². The number of nitrogens with zero attached hydrogens (tertiary/aromatic N) is 2. The van der Waals surface area contributed by atoms with Gasteiger partial charge in [-0.15, -0.1) is 0 Å². The summed E-state index contributed by atoms with van der Waals surface area (Å²) >= 11 is 0. The minimum Gasteiger partial charge on any atom is -0.505 e. The number of rotatable bonds is 9. The lowest BCUT2D eigenvalue weighted by Gasteiger charge is -2.30. The van der Waals surface area contributed by atoms with Crippen LogP contribution in [0.15, 0.2) is 229 Å². The molecule has 0 unspecified atom stereocenters. The number of furan rings is 1. The SMILES string of the molecule is Cc1ccc(N(c2cccc(-c3cccc(-c4ccccc4C)c3)c2O)c2ccc3ccc4c(N(c5ccc(C)cc5)c5cccc6c5oc5c(-c7ccccc7C)cccc56)ccc5ccc2c3c54)cc1. The van der Waals surface area contributed by atoms with Crippen LogP contribution >= 0.6 is 0 Å². The first-order chi connectivity index (χ1) is 35.3. The Kier molecular flexibility index (Phi) is 10.2. The predicted octanol–water partition coefficient (Wildman–Crippen LogP) is 19.4. The Hall–Kier alpha value is -9.12. The van der Waals surface area contributed by atoms with Crippen molar-refractivity contribution in [2.24, 2.45) is 0 Å². The summed E-state index contributed by atoms with van der Waals surface area (Å²) in [6.07, 6.45) is 0. The number of aryl methyl sites for hydroxylation is 4. The third-order valence-electron chi connectivity index (χ3n) is 14.7. The topological polar surface area (TPSA) is 39.9 Å². The molecule has 344 valence electrons. The Morgan fingerprint density at radius 2 is 0.792 bits per heavy atom. The first kappa shape index (κ1) is 42.9. The van der Waals surface area contributed by atoms with E-state index in [9.17, 15) is 5.11 Å². The van der Waals surface area contributed by atoms with Crippen molar-refractivity contribution in [2.75, 3.05) is 9.80 Å². The van der Waals surface area contributed by atoms with E-state index < -0.39 is 0 Å². The van der Waals surface area contributed by atoms with E-state index in [1.165, 1.54) is 27.6 Å². The molecule has 0 aliphatic carbocycles. The second-order valence-corrected chi connectivity index (χ2v) is 19.3. The molecule has 72 heavy (non-hydrogen) atoms. The quantitative estimate of drug-likeness (QED) is 0.146. The molecule has 1 N–H and O–H groups in total. The largest absolute Gasteiger partial charge is 0.505 e. The predicted molar refractivity (Wildman–Crippen MR) is 304 cm³/mol. The summed E-state index contributed by atoms with van der Waals surface area (Å²) < 4.78 is 7.14. The highest BCUT2D eigenvalue weighted by atomic mass is 16.3. The molecule has 0 saturated heterocycles. The van der Waals surface area contributed by atoms with E-state index in [1.54, 1.807) is 0 Å². The zero-order valence-electron chi connectivity index (χ0n) is 40.6. The molecule has 0 saturated carbocycles. The summed E-state index contributed by atoms with van der Waals surface area (Å²) in [5.74, 6) is 0.215. The van der Waals surface area contributed by atoms with Crippen LogP contribution in [-0.4, -0.2) is 5.11 Å². The summed E-state index contributed by atoms with van der Waals surface area (Å²) in [6.45, 7) is 8.54. The number of aromatic hydroxyl groups is 1. The highest BCUT2D eigenvalue weighted by Crippen LogP contribution is 2.51. The molecule has 0 fully saturated rings. The van der Waals surface area contributed by atoms with Crippen LogP contribution in [0.4, 0.5) is 34.1 Å². The summed E-state index contributed by atoms with van der Waals surface area (Å²) in [5, 5.41) is 21.6. The number of hydrogen-bond acceptors (Lipinski definition) is 4. The number of benzene rings is 12. The van der Waals surface area contributed by atoms with Gasteiger partial charge in [0.15, 0.2) is 5.58 Å².